The highest BCUT2D eigenvalue weighted by molar-refractivity contribution is 6.35. The number of aromatic nitrogens is 1. The quantitative estimate of drug-likeness (QED) is 0.494. The van der Waals surface area contributed by atoms with Gasteiger partial charge < -0.3 is 15.5 Å². The van der Waals surface area contributed by atoms with Crippen molar-refractivity contribution < 1.29 is 9.53 Å². The lowest BCUT2D eigenvalue weighted by molar-refractivity contribution is 0.0521. The number of hydrogen-bond donors (Lipinski definition) is 2. The molecule has 3 rings (SSSR count). The normalized spacial score (nSPS) is 11.7. The van der Waals surface area contributed by atoms with Crippen molar-refractivity contribution in [2.45, 2.75) is 33.7 Å². The van der Waals surface area contributed by atoms with Gasteiger partial charge in [0.15, 0.2) is 0 Å². The van der Waals surface area contributed by atoms with Gasteiger partial charge in [-0.15, -0.1) is 0 Å². The minimum atomic E-state index is -0.430. The number of esters is 1. The number of aromatic amines is 1. The predicted molar refractivity (Wildman–Crippen MR) is 114 cm³/mol. The van der Waals surface area contributed by atoms with Crippen LogP contribution in [0.3, 0.4) is 0 Å². The molecule has 4 nitrogen and oxygen atoms in total. The maximum Gasteiger partial charge on any atom is 0.355 e. The summed E-state index contributed by atoms with van der Waals surface area (Å²) in [6, 6.07) is 10.8. The van der Waals surface area contributed by atoms with E-state index in [1.165, 1.54) is 0 Å². The van der Waals surface area contributed by atoms with E-state index >= 15 is 0 Å². The van der Waals surface area contributed by atoms with Crippen LogP contribution in [0.15, 0.2) is 36.4 Å². The molecule has 1 atom stereocenters. The molecule has 0 amide bonds. The molecule has 3 N–H and O–H groups in total. The van der Waals surface area contributed by atoms with Crippen LogP contribution in [0.25, 0.3) is 22.0 Å². The maximum atomic E-state index is 12.5. The molecule has 1 unspecified atom stereocenters. The van der Waals surface area contributed by atoms with Gasteiger partial charge in [-0.2, -0.15) is 0 Å². The van der Waals surface area contributed by atoms with E-state index in [9.17, 15) is 4.79 Å². The summed E-state index contributed by atoms with van der Waals surface area (Å²) in [5.74, 6) is -0.430. The van der Waals surface area contributed by atoms with Crippen LogP contribution >= 0.6 is 23.2 Å². The molecule has 27 heavy (non-hydrogen) atoms. The summed E-state index contributed by atoms with van der Waals surface area (Å²) in [5, 5.41) is 1.86. The Labute approximate surface area is 169 Å². The number of fused-ring (bicyclic) bond motifs is 1. The van der Waals surface area contributed by atoms with E-state index in [0.717, 1.165) is 22.0 Å². The highest BCUT2D eigenvalue weighted by atomic mass is 35.5. The Balaban J connectivity index is 0.00000126. The molecule has 144 valence electrons. The molecular formula is C21H24Cl2N2O2. The molecule has 2 aromatic carbocycles. The molecule has 1 aromatic heterocycles. The molecule has 0 aliphatic heterocycles. The third-order valence-electron chi connectivity index (χ3n) is 3.99. The van der Waals surface area contributed by atoms with Crippen molar-refractivity contribution in [3.63, 3.8) is 0 Å². The summed E-state index contributed by atoms with van der Waals surface area (Å²) >= 11 is 12.3. The van der Waals surface area contributed by atoms with Crippen LogP contribution in [0.2, 0.25) is 10.0 Å². The fraction of sp³-hybridized carbons (Fsp3) is 0.286. The Morgan fingerprint density at radius 3 is 2.37 bits per heavy atom. The number of carbonyl (C=O) groups excluding carboxylic acids is 1. The first-order chi connectivity index (χ1) is 12.9. The number of rotatable bonds is 4. The summed E-state index contributed by atoms with van der Waals surface area (Å²) in [6.45, 7) is 7.95. The second kappa shape index (κ2) is 9.27. The minimum Gasteiger partial charge on any atom is -0.461 e. The molecule has 0 aliphatic carbocycles. The number of halogens is 2. The highest BCUT2D eigenvalue weighted by Crippen LogP contribution is 2.37. The van der Waals surface area contributed by atoms with Gasteiger partial charge in [0, 0.05) is 27.0 Å². The zero-order valence-electron chi connectivity index (χ0n) is 15.9. The second-order valence-electron chi connectivity index (χ2n) is 5.81. The molecule has 0 fully saturated rings. The van der Waals surface area contributed by atoms with Gasteiger partial charge in [0.25, 0.3) is 0 Å². The van der Waals surface area contributed by atoms with Gasteiger partial charge in [-0.25, -0.2) is 4.79 Å². The summed E-state index contributed by atoms with van der Waals surface area (Å²) < 4.78 is 5.21. The minimum absolute atomic E-state index is 0.187. The molecule has 0 spiro atoms. The van der Waals surface area contributed by atoms with Crippen molar-refractivity contribution in [2.24, 2.45) is 5.73 Å². The lowest BCUT2D eigenvalue weighted by atomic mass is 9.99. The van der Waals surface area contributed by atoms with Gasteiger partial charge in [0.2, 0.25) is 0 Å². The molecule has 0 saturated heterocycles. The zero-order valence-corrected chi connectivity index (χ0v) is 17.4. The lowest BCUT2D eigenvalue weighted by Gasteiger charge is -2.08. The van der Waals surface area contributed by atoms with E-state index in [2.05, 4.69) is 4.98 Å². The molecule has 1 heterocycles. The van der Waals surface area contributed by atoms with E-state index in [1.54, 1.807) is 25.1 Å². The summed E-state index contributed by atoms with van der Waals surface area (Å²) in [6.07, 6.45) is 0. The average Bonchev–Trinajstić information content (AvgIpc) is 3.02. The average molecular weight is 407 g/mol. The molecule has 6 heteroatoms. The molecule has 0 aliphatic rings. The van der Waals surface area contributed by atoms with Gasteiger partial charge in [-0.3, -0.25) is 0 Å². The Morgan fingerprint density at radius 2 is 1.81 bits per heavy atom. The van der Waals surface area contributed by atoms with Crippen molar-refractivity contribution in [1.82, 2.24) is 4.98 Å². The van der Waals surface area contributed by atoms with Crippen molar-refractivity contribution in [2.75, 3.05) is 6.61 Å². The Bertz CT molecular complexity index is 928. The van der Waals surface area contributed by atoms with Gasteiger partial charge in [0.05, 0.1) is 12.1 Å². The van der Waals surface area contributed by atoms with E-state index in [1.807, 2.05) is 39.0 Å². The van der Waals surface area contributed by atoms with Gasteiger partial charge >= 0.3 is 5.97 Å². The van der Waals surface area contributed by atoms with Gasteiger partial charge in [-0.1, -0.05) is 55.2 Å². The SMILES string of the molecule is CC.CCOC(=O)c1[nH]c2c(C(C)N)cccc2c1-c1cc(Cl)cc(Cl)c1. The first-order valence-electron chi connectivity index (χ1n) is 8.96. The highest BCUT2D eigenvalue weighted by Gasteiger charge is 2.22. The number of benzene rings is 2. The van der Waals surface area contributed by atoms with Crippen LogP contribution in [-0.4, -0.2) is 17.6 Å². The van der Waals surface area contributed by atoms with E-state index in [4.69, 9.17) is 33.7 Å². The molecular weight excluding hydrogens is 383 g/mol. The Kier molecular flexibility index (Phi) is 7.31. The number of H-pyrrole nitrogens is 1. The smallest absolute Gasteiger partial charge is 0.355 e. The number of ether oxygens (including phenoxy) is 1. The molecule has 0 bridgehead atoms. The standard InChI is InChI=1S/C19H18Cl2N2O2.C2H6/c1-3-25-19(24)18-16(11-7-12(20)9-13(21)8-11)15-6-4-5-14(10(2)22)17(15)23-18;1-2/h4-10,23H,3,22H2,1-2H3;1-2H3. The van der Waals surface area contributed by atoms with E-state index in [0.29, 0.717) is 21.3 Å². The van der Waals surface area contributed by atoms with Crippen LogP contribution < -0.4 is 5.73 Å². The van der Waals surface area contributed by atoms with Crippen LogP contribution in [0.5, 0.6) is 0 Å². The molecule has 0 saturated carbocycles. The zero-order chi connectivity index (χ0) is 20.1. The van der Waals surface area contributed by atoms with Crippen LogP contribution in [0, 0.1) is 0 Å². The number of hydrogen-bond acceptors (Lipinski definition) is 3. The number of nitrogens with two attached hydrogens (primary N) is 1. The Morgan fingerprint density at radius 1 is 1.19 bits per heavy atom. The fourth-order valence-electron chi connectivity index (χ4n) is 2.97. The number of nitrogens with one attached hydrogen (secondary N) is 1. The fourth-order valence-corrected chi connectivity index (χ4v) is 3.50. The summed E-state index contributed by atoms with van der Waals surface area (Å²) in [5.41, 5.74) is 9.63. The van der Waals surface area contributed by atoms with Crippen LogP contribution in [0.4, 0.5) is 0 Å². The van der Waals surface area contributed by atoms with Crippen molar-refractivity contribution in [1.29, 1.82) is 0 Å². The first-order valence-corrected chi connectivity index (χ1v) is 9.71. The van der Waals surface area contributed by atoms with Crippen LogP contribution in [0.1, 0.15) is 49.8 Å². The second-order valence-corrected chi connectivity index (χ2v) is 6.68. The summed E-state index contributed by atoms with van der Waals surface area (Å²) in [4.78, 5) is 15.7. The third-order valence-corrected chi connectivity index (χ3v) is 4.42. The summed E-state index contributed by atoms with van der Waals surface area (Å²) in [7, 11) is 0. The third kappa shape index (κ3) is 4.46. The first kappa shape index (κ1) is 21.3. The monoisotopic (exact) mass is 406 g/mol. The maximum absolute atomic E-state index is 12.5. The van der Waals surface area contributed by atoms with Crippen LogP contribution in [-0.2, 0) is 4.74 Å². The number of carbonyl (C=O) groups is 1. The molecule has 0 radical (unpaired) electrons. The van der Waals surface area contributed by atoms with Gasteiger partial charge in [-0.05, 0) is 43.2 Å². The van der Waals surface area contributed by atoms with E-state index < -0.39 is 5.97 Å². The lowest BCUT2D eigenvalue weighted by Crippen LogP contribution is -2.07. The predicted octanol–water partition coefficient (Wildman–Crippen LogP) is 6.36. The Hall–Kier alpha value is -2.01. The molecule has 3 aromatic rings. The van der Waals surface area contributed by atoms with Crippen molar-refractivity contribution in [3.05, 3.63) is 57.7 Å². The number of para-hydroxylation sites is 1. The topological polar surface area (TPSA) is 68.1 Å². The largest absolute Gasteiger partial charge is 0.461 e. The van der Waals surface area contributed by atoms with Crippen molar-refractivity contribution in [3.8, 4) is 11.1 Å². The van der Waals surface area contributed by atoms with E-state index in [-0.39, 0.29) is 12.6 Å². The van der Waals surface area contributed by atoms with Crippen molar-refractivity contribution >= 4 is 40.1 Å². The van der Waals surface area contributed by atoms with Gasteiger partial charge in [0.1, 0.15) is 5.69 Å².